The third-order valence-corrected chi connectivity index (χ3v) is 2.95. The van der Waals surface area contributed by atoms with Gasteiger partial charge < -0.3 is 15.4 Å². The van der Waals surface area contributed by atoms with Crippen molar-refractivity contribution in [3.8, 4) is 5.75 Å². The third kappa shape index (κ3) is 2.31. The van der Waals surface area contributed by atoms with Gasteiger partial charge in [-0.05, 0) is 12.5 Å². The summed E-state index contributed by atoms with van der Waals surface area (Å²) in [6, 6.07) is 5.07. The van der Waals surface area contributed by atoms with E-state index in [1.54, 1.807) is 12.1 Å². The number of nitro benzene ring substituents is 1. The van der Waals surface area contributed by atoms with Crippen LogP contribution in [-0.4, -0.2) is 31.2 Å². The van der Waals surface area contributed by atoms with Crippen LogP contribution in [0.4, 0.5) is 11.4 Å². The van der Waals surface area contributed by atoms with E-state index in [0.29, 0.717) is 0 Å². The molecule has 0 unspecified atom stereocenters. The maximum atomic E-state index is 10.8. The Morgan fingerprint density at radius 3 is 2.88 bits per heavy atom. The van der Waals surface area contributed by atoms with Gasteiger partial charge in [-0.3, -0.25) is 10.1 Å². The first-order chi connectivity index (χ1) is 8.11. The van der Waals surface area contributed by atoms with Crippen molar-refractivity contribution in [2.24, 2.45) is 5.73 Å². The molecule has 1 fully saturated rings. The molecule has 1 atom stereocenters. The van der Waals surface area contributed by atoms with Crippen LogP contribution < -0.4 is 15.4 Å². The number of ether oxygens (including phenoxy) is 1. The lowest BCUT2D eigenvalue weighted by Gasteiger charge is -2.18. The smallest absolute Gasteiger partial charge is 0.311 e. The van der Waals surface area contributed by atoms with Crippen molar-refractivity contribution < 1.29 is 9.66 Å². The molecule has 1 aliphatic heterocycles. The summed E-state index contributed by atoms with van der Waals surface area (Å²) in [5.41, 5.74) is 6.73. The number of nitro groups is 1. The van der Waals surface area contributed by atoms with Gasteiger partial charge in [-0.2, -0.15) is 0 Å². The van der Waals surface area contributed by atoms with E-state index in [-0.39, 0.29) is 17.5 Å². The summed E-state index contributed by atoms with van der Waals surface area (Å²) in [6.07, 6.45) is 0.944. The van der Waals surface area contributed by atoms with E-state index in [2.05, 4.69) is 4.90 Å². The van der Waals surface area contributed by atoms with Crippen molar-refractivity contribution in [3.05, 3.63) is 28.3 Å². The highest BCUT2D eigenvalue weighted by Gasteiger charge is 2.22. The molecule has 0 aliphatic carbocycles. The Labute approximate surface area is 99.1 Å². The largest absolute Gasteiger partial charge is 0.490 e. The van der Waals surface area contributed by atoms with Gasteiger partial charge in [0.25, 0.3) is 0 Å². The van der Waals surface area contributed by atoms with Crippen LogP contribution in [0, 0.1) is 10.1 Å². The predicted molar refractivity (Wildman–Crippen MR) is 64.5 cm³/mol. The fourth-order valence-electron chi connectivity index (χ4n) is 2.04. The van der Waals surface area contributed by atoms with Crippen molar-refractivity contribution >= 4 is 11.4 Å². The average molecular weight is 237 g/mol. The van der Waals surface area contributed by atoms with Crippen LogP contribution in [0.15, 0.2) is 18.2 Å². The molecule has 1 aliphatic rings. The summed E-state index contributed by atoms with van der Waals surface area (Å²) in [7, 11) is 1.43. The van der Waals surface area contributed by atoms with E-state index in [4.69, 9.17) is 10.5 Å². The lowest BCUT2D eigenvalue weighted by atomic mass is 10.2. The minimum absolute atomic E-state index is 0.0141. The molecule has 1 aromatic rings. The van der Waals surface area contributed by atoms with Crippen molar-refractivity contribution in [1.82, 2.24) is 0 Å². The van der Waals surface area contributed by atoms with E-state index in [0.717, 1.165) is 25.2 Å². The molecule has 0 radical (unpaired) electrons. The molecular formula is C11H15N3O3. The van der Waals surface area contributed by atoms with Gasteiger partial charge in [0.15, 0.2) is 5.75 Å². The summed E-state index contributed by atoms with van der Waals surface area (Å²) in [6.45, 7) is 1.66. The predicted octanol–water partition coefficient (Wildman–Crippen LogP) is 1.14. The number of methoxy groups -OCH3 is 1. The first-order valence-corrected chi connectivity index (χ1v) is 5.45. The lowest BCUT2D eigenvalue weighted by molar-refractivity contribution is -0.385. The molecule has 17 heavy (non-hydrogen) atoms. The zero-order chi connectivity index (χ0) is 12.4. The summed E-state index contributed by atoms with van der Waals surface area (Å²) in [5.74, 6) is 0.285. The number of nitrogens with zero attached hydrogens (tertiary/aromatic N) is 2. The zero-order valence-electron chi connectivity index (χ0n) is 9.63. The fourth-order valence-corrected chi connectivity index (χ4v) is 2.04. The highest BCUT2D eigenvalue weighted by molar-refractivity contribution is 5.59. The van der Waals surface area contributed by atoms with Crippen LogP contribution >= 0.6 is 0 Å². The standard InChI is InChI=1S/C11H15N3O3/c1-17-11-6-9(2-3-10(11)14(15)16)13-5-4-8(12)7-13/h2-3,6,8H,4-5,7,12H2,1H3/t8-/m0/s1. The first kappa shape index (κ1) is 11.7. The third-order valence-electron chi connectivity index (χ3n) is 2.95. The Morgan fingerprint density at radius 1 is 1.59 bits per heavy atom. The van der Waals surface area contributed by atoms with Gasteiger partial charge in [-0.1, -0.05) is 0 Å². The van der Waals surface area contributed by atoms with E-state index < -0.39 is 4.92 Å². The molecule has 0 bridgehead atoms. The molecule has 2 N–H and O–H groups in total. The van der Waals surface area contributed by atoms with Gasteiger partial charge in [-0.25, -0.2) is 0 Å². The van der Waals surface area contributed by atoms with Crippen LogP contribution in [-0.2, 0) is 0 Å². The van der Waals surface area contributed by atoms with Crippen LogP contribution in [0.2, 0.25) is 0 Å². The summed E-state index contributed by atoms with van der Waals surface area (Å²) >= 11 is 0. The number of nitrogens with two attached hydrogens (primary N) is 1. The SMILES string of the molecule is COc1cc(N2CC[C@H](N)C2)ccc1[N+](=O)[O-]. The monoisotopic (exact) mass is 237 g/mol. The molecule has 0 saturated carbocycles. The van der Waals surface area contributed by atoms with Gasteiger partial charge >= 0.3 is 5.69 Å². The molecule has 92 valence electrons. The van der Waals surface area contributed by atoms with Gasteiger partial charge in [-0.15, -0.1) is 0 Å². The minimum atomic E-state index is -0.446. The Kier molecular flexibility index (Phi) is 3.14. The molecular weight excluding hydrogens is 222 g/mol. The lowest BCUT2D eigenvalue weighted by Crippen LogP contribution is -2.26. The maximum Gasteiger partial charge on any atom is 0.311 e. The summed E-state index contributed by atoms with van der Waals surface area (Å²) < 4.78 is 5.03. The molecule has 6 heteroatoms. The number of benzene rings is 1. The van der Waals surface area contributed by atoms with Crippen LogP contribution in [0.3, 0.4) is 0 Å². The van der Waals surface area contributed by atoms with Gasteiger partial charge in [0.1, 0.15) is 0 Å². The number of hydrogen-bond acceptors (Lipinski definition) is 5. The highest BCUT2D eigenvalue weighted by atomic mass is 16.6. The molecule has 2 rings (SSSR count). The van der Waals surface area contributed by atoms with Crippen molar-refractivity contribution in [3.63, 3.8) is 0 Å². The Balaban J connectivity index is 2.28. The van der Waals surface area contributed by atoms with Crippen molar-refractivity contribution in [2.75, 3.05) is 25.1 Å². The normalized spacial score (nSPS) is 19.4. The first-order valence-electron chi connectivity index (χ1n) is 5.45. The molecule has 6 nitrogen and oxygen atoms in total. The van der Waals surface area contributed by atoms with Gasteiger partial charge in [0, 0.05) is 37.0 Å². The molecule has 0 aromatic heterocycles. The van der Waals surface area contributed by atoms with Crippen LogP contribution in [0.1, 0.15) is 6.42 Å². The Bertz CT molecular complexity index is 436. The number of rotatable bonds is 3. The summed E-state index contributed by atoms with van der Waals surface area (Å²) in [4.78, 5) is 12.4. The Morgan fingerprint density at radius 2 is 2.35 bits per heavy atom. The van der Waals surface area contributed by atoms with Crippen molar-refractivity contribution in [1.29, 1.82) is 0 Å². The Hall–Kier alpha value is -1.82. The van der Waals surface area contributed by atoms with Crippen LogP contribution in [0.5, 0.6) is 5.75 Å². The second kappa shape index (κ2) is 4.58. The number of anilines is 1. The topological polar surface area (TPSA) is 81.6 Å². The van der Waals surface area contributed by atoms with E-state index in [1.807, 2.05) is 0 Å². The van der Waals surface area contributed by atoms with E-state index in [9.17, 15) is 10.1 Å². The van der Waals surface area contributed by atoms with Crippen molar-refractivity contribution in [2.45, 2.75) is 12.5 Å². The summed E-state index contributed by atoms with van der Waals surface area (Å²) in [5, 5.41) is 10.8. The van der Waals surface area contributed by atoms with Gasteiger partial charge in [0.05, 0.1) is 12.0 Å². The molecule has 1 heterocycles. The zero-order valence-corrected chi connectivity index (χ0v) is 9.63. The maximum absolute atomic E-state index is 10.8. The van der Waals surface area contributed by atoms with E-state index in [1.165, 1.54) is 13.2 Å². The second-order valence-electron chi connectivity index (χ2n) is 4.11. The quantitative estimate of drug-likeness (QED) is 0.629. The fraction of sp³-hybridized carbons (Fsp3) is 0.455. The average Bonchev–Trinajstić information content (AvgIpc) is 2.75. The second-order valence-corrected chi connectivity index (χ2v) is 4.11. The highest BCUT2D eigenvalue weighted by Crippen LogP contribution is 2.32. The molecule has 0 spiro atoms. The molecule has 1 saturated heterocycles. The van der Waals surface area contributed by atoms with E-state index >= 15 is 0 Å². The molecule has 1 aromatic carbocycles. The minimum Gasteiger partial charge on any atom is -0.490 e. The van der Waals surface area contributed by atoms with Gasteiger partial charge in [0.2, 0.25) is 0 Å². The number of hydrogen-bond donors (Lipinski definition) is 1. The molecule has 0 amide bonds. The van der Waals surface area contributed by atoms with Crippen LogP contribution in [0.25, 0.3) is 0 Å².